The third-order valence-electron chi connectivity index (χ3n) is 1.96. The van der Waals surface area contributed by atoms with Crippen molar-refractivity contribution >= 4 is 23.2 Å². The second-order valence-corrected chi connectivity index (χ2v) is 4.13. The van der Waals surface area contributed by atoms with Gasteiger partial charge in [0, 0.05) is 28.0 Å². The lowest BCUT2D eigenvalue weighted by molar-refractivity contribution is 0.306. The molecule has 2 rings (SSSR count). The van der Waals surface area contributed by atoms with E-state index in [1.54, 1.807) is 30.6 Å². The van der Waals surface area contributed by atoms with Crippen molar-refractivity contribution in [2.24, 2.45) is 0 Å². The topological polar surface area (TPSA) is 22.1 Å². The van der Waals surface area contributed by atoms with Crippen molar-refractivity contribution in [3.05, 3.63) is 58.3 Å². The van der Waals surface area contributed by atoms with Gasteiger partial charge in [0.15, 0.2) is 0 Å². The highest BCUT2D eigenvalue weighted by Crippen LogP contribution is 2.24. The highest BCUT2D eigenvalue weighted by atomic mass is 35.5. The van der Waals surface area contributed by atoms with Crippen molar-refractivity contribution in [2.45, 2.75) is 6.61 Å². The molecular weight excluding hydrogens is 245 g/mol. The zero-order chi connectivity index (χ0) is 11.4. The molecule has 0 aliphatic rings. The first kappa shape index (κ1) is 11.2. The van der Waals surface area contributed by atoms with Crippen LogP contribution in [0.3, 0.4) is 0 Å². The SMILES string of the molecule is Clc1cc(Cl)cc(OCc2cccnc2)c1. The van der Waals surface area contributed by atoms with Crippen molar-refractivity contribution in [1.29, 1.82) is 0 Å². The molecule has 16 heavy (non-hydrogen) atoms. The Balaban J connectivity index is 2.05. The summed E-state index contributed by atoms with van der Waals surface area (Å²) in [4.78, 5) is 4.00. The zero-order valence-corrected chi connectivity index (χ0v) is 9.87. The van der Waals surface area contributed by atoms with E-state index in [1.807, 2.05) is 12.1 Å². The van der Waals surface area contributed by atoms with E-state index in [2.05, 4.69) is 4.98 Å². The second kappa shape index (κ2) is 5.19. The molecule has 0 N–H and O–H groups in total. The van der Waals surface area contributed by atoms with Crippen LogP contribution in [0.4, 0.5) is 0 Å². The quantitative estimate of drug-likeness (QED) is 0.826. The maximum absolute atomic E-state index is 5.86. The van der Waals surface area contributed by atoms with Gasteiger partial charge in [-0.2, -0.15) is 0 Å². The van der Waals surface area contributed by atoms with Gasteiger partial charge in [-0.25, -0.2) is 0 Å². The van der Waals surface area contributed by atoms with E-state index in [0.717, 1.165) is 5.56 Å². The van der Waals surface area contributed by atoms with Crippen molar-refractivity contribution < 1.29 is 4.74 Å². The maximum atomic E-state index is 5.86. The molecule has 0 unspecified atom stereocenters. The average Bonchev–Trinajstić information content (AvgIpc) is 2.27. The van der Waals surface area contributed by atoms with E-state index in [1.165, 1.54) is 0 Å². The first-order valence-corrected chi connectivity index (χ1v) is 5.47. The first-order valence-electron chi connectivity index (χ1n) is 4.72. The van der Waals surface area contributed by atoms with E-state index in [0.29, 0.717) is 22.4 Å². The predicted molar refractivity (Wildman–Crippen MR) is 65.0 cm³/mol. The number of aromatic nitrogens is 1. The molecule has 0 saturated heterocycles. The molecule has 1 aromatic heterocycles. The molecule has 2 aromatic rings. The summed E-state index contributed by atoms with van der Waals surface area (Å²) < 4.78 is 5.54. The summed E-state index contributed by atoms with van der Waals surface area (Å²) in [6.07, 6.45) is 3.48. The molecule has 82 valence electrons. The van der Waals surface area contributed by atoms with Gasteiger partial charge in [0.2, 0.25) is 0 Å². The summed E-state index contributed by atoms with van der Waals surface area (Å²) >= 11 is 11.7. The summed E-state index contributed by atoms with van der Waals surface area (Å²) in [6, 6.07) is 8.93. The molecule has 1 aromatic carbocycles. The summed E-state index contributed by atoms with van der Waals surface area (Å²) in [5.41, 5.74) is 0.999. The molecular formula is C12H9Cl2NO. The second-order valence-electron chi connectivity index (χ2n) is 3.26. The lowest BCUT2D eigenvalue weighted by atomic mass is 10.3. The Kier molecular flexibility index (Phi) is 3.65. The normalized spacial score (nSPS) is 10.1. The van der Waals surface area contributed by atoms with Crippen LogP contribution in [0.5, 0.6) is 5.75 Å². The van der Waals surface area contributed by atoms with Crippen molar-refractivity contribution in [3.63, 3.8) is 0 Å². The van der Waals surface area contributed by atoms with Crippen LogP contribution in [0.1, 0.15) is 5.56 Å². The van der Waals surface area contributed by atoms with Gasteiger partial charge < -0.3 is 4.74 Å². The molecule has 0 amide bonds. The maximum Gasteiger partial charge on any atom is 0.122 e. The summed E-state index contributed by atoms with van der Waals surface area (Å²) in [6.45, 7) is 0.449. The number of ether oxygens (including phenoxy) is 1. The van der Waals surface area contributed by atoms with E-state index in [9.17, 15) is 0 Å². The molecule has 0 aliphatic heterocycles. The fourth-order valence-electron chi connectivity index (χ4n) is 1.26. The molecule has 0 aliphatic carbocycles. The lowest BCUT2D eigenvalue weighted by Crippen LogP contribution is -1.95. The highest BCUT2D eigenvalue weighted by Gasteiger charge is 1.99. The molecule has 0 bridgehead atoms. The van der Waals surface area contributed by atoms with Crippen molar-refractivity contribution in [2.75, 3.05) is 0 Å². The van der Waals surface area contributed by atoms with Gasteiger partial charge in [0.05, 0.1) is 0 Å². The highest BCUT2D eigenvalue weighted by molar-refractivity contribution is 6.34. The Morgan fingerprint density at radius 1 is 1.12 bits per heavy atom. The Morgan fingerprint density at radius 3 is 2.50 bits per heavy atom. The third-order valence-corrected chi connectivity index (χ3v) is 2.40. The number of benzene rings is 1. The van der Waals surface area contributed by atoms with Crippen LogP contribution < -0.4 is 4.74 Å². The smallest absolute Gasteiger partial charge is 0.122 e. The van der Waals surface area contributed by atoms with Crippen LogP contribution in [0.25, 0.3) is 0 Å². The molecule has 0 spiro atoms. The van der Waals surface area contributed by atoms with Gasteiger partial charge in [0.25, 0.3) is 0 Å². The van der Waals surface area contributed by atoms with Crippen LogP contribution in [0, 0.1) is 0 Å². The van der Waals surface area contributed by atoms with Crippen LogP contribution >= 0.6 is 23.2 Å². The van der Waals surface area contributed by atoms with Gasteiger partial charge in [-0.1, -0.05) is 29.3 Å². The minimum absolute atomic E-state index is 0.449. The number of halogens is 2. The summed E-state index contributed by atoms with van der Waals surface area (Å²) in [5, 5.41) is 1.13. The molecule has 1 heterocycles. The monoisotopic (exact) mass is 253 g/mol. The fourth-order valence-corrected chi connectivity index (χ4v) is 1.77. The summed E-state index contributed by atoms with van der Waals surface area (Å²) in [5.74, 6) is 0.654. The zero-order valence-electron chi connectivity index (χ0n) is 8.36. The van der Waals surface area contributed by atoms with E-state index >= 15 is 0 Å². The molecule has 0 saturated carbocycles. The number of rotatable bonds is 3. The van der Waals surface area contributed by atoms with Crippen molar-refractivity contribution in [3.8, 4) is 5.75 Å². The number of pyridine rings is 1. The number of hydrogen-bond acceptors (Lipinski definition) is 2. The van der Waals surface area contributed by atoms with E-state index < -0.39 is 0 Å². The Hall–Kier alpha value is -1.25. The molecule has 0 radical (unpaired) electrons. The van der Waals surface area contributed by atoms with Gasteiger partial charge in [-0.15, -0.1) is 0 Å². The fraction of sp³-hybridized carbons (Fsp3) is 0.0833. The standard InChI is InChI=1S/C12H9Cl2NO/c13-10-4-11(14)6-12(5-10)16-8-9-2-1-3-15-7-9/h1-7H,8H2. The Bertz CT molecular complexity index is 453. The molecule has 0 atom stereocenters. The van der Waals surface area contributed by atoms with Gasteiger partial charge in [0.1, 0.15) is 12.4 Å². The largest absolute Gasteiger partial charge is 0.489 e. The van der Waals surface area contributed by atoms with Crippen LogP contribution in [-0.4, -0.2) is 4.98 Å². The van der Waals surface area contributed by atoms with E-state index in [-0.39, 0.29) is 0 Å². The van der Waals surface area contributed by atoms with Gasteiger partial charge in [-0.3, -0.25) is 4.98 Å². The number of nitrogens with zero attached hydrogens (tertiary/aromatic N) is 1. The van der Waals surface area contributed by atoms with E-state index in [4.69, 9.17) is 27.9 Å². The lowest BCUT2D eigenvalue weighted by Gasteiger charge is -2.06. The minimum Gasteiger partial charge on any atom is -0.489 e. The first-order chi connectivity index (χ1) is 7.74. The Morgan fingerprint density at radius 2 is 1.88 bits per heavy atom. The molecule has 4 heteroatoms. The average molecular weight is 254 g/mol. The van der Waals surface area contributed by atoms with Gasteiger partial charge in [-0.05, 0) is 24.3 Å². The minimum atomic E-state index is 0.449. The Labute approximate surface area is 104 Å². The summed E-state index contributed by atoms with van der Waals surface area (Å²) in [7, 11) is 0. The molecule has 2 nitrogen and oxygen atoms in total. The van der Waals surface area contributed by atoms with Crippen LogP contribution in [0.15, 0.2) is 42.7 Å². The van der Waals surface area contributed by atoms with Crippen LogP contribution in [-0.2, 0) is 6.61 Å². The number of hydrogen-bond donors (Lipinski definition) is 0. The third kappa shape index (κ3) is 3.12. The van der Waals surface area contributed by atoms with Crippen LogP contribution in [0.2, 0.25) is 10.0 Å². The molecule has 0 fully saturated rings. The van der Waals surface area contributed by atoms with Crippen molar-refractivity contribution in [1.82, 2.24) is 4.98 Å². The van der Waals surface area contributed by atoms with Gasteiger partial charge >= 0.3 is 0 Å². The predicted octanol–water partition coefficient (Wildman–Crippen LogP) is 3.97.